The van der Waals surface area contributed by atoms with Gasteiger partial charge in [-0.25, -0.2) is 4.79 Å². The smallest absolute Gasteiger partial charge is 0.340 e. The van der Waals surface area contributed by atoms with Gasteiger partial charge in [0.25, 0.3) is 0 Å². The molecule has 0 saturated heterocycles. The molecule has 1 rings (SSSR count). The Balaban J connectivity index is 2.57. The Kier molecular flexibility index (Phi) is 5.12. The third-order valence-electron chi connectivity index (χ3n) is 2.87. The number of carbonyl (C=O) groups excluding carboxylic acids is 1. The molecular weight excluding hydrogens is 220 g/mol. The summed E-state index contributed by atoms with van der Waals surface area (Å²) in [5, 5.41) is 18.7. The molecule has 1 aromatic rings. The number of rotatable bonds is 5. The summed E-state index contributed by atoms with van der Waals surface area (Å²) in [4.78, 5) is 11.6. The third kappa shape index (κ3) is 3.84. The predicted octanol–water partition coefficient (Wildman–Crippen LogP) is 1.43. The lowest BCUT2D eigenvalue weighted by molar-refractivity contribution is -0.109. The summed E-state index contributed by atoms with van der Waals surface area (Å²) in [5.41, 5.74) is 0.399. The summed E-state index contributed by atoms with van der Waals surface area (Å²) in [6, 6.07) is 8.49. The SMILES string of the molecule is CC(CO)C(C)C(O)OC(=O)c1ccccc1. The van der Waals surface area contributed by atoms with Crippen molar-refractivity contribution < 1.29 is 19.7 Å². The van der Waals surface area contributed by atoms with Gasteiger partial charge in [0.1, 0.15) is 0 Å². The van der Waals surface area contributed by atoms with Gasteiger partial charge >= 0.3 is 5.97 Å². The van der Waals surface area contributed by atoms with Gasteiger partial charge in [-0.2, -0.15) is 0 Å². The maximum absolute atomic E-state index is 11.6. The zero-order chi connectivity index (χ0) is 12.8. The quantitative estimate of drug-likeness (QED) is 0.601. The monoisotopic (exact) mass is 238 g/mol. The molecule has 3 unspecified atom stereocenters. The van der Waals surface area contributed by atoms with Gasteiger partial charge < -0.3 is 14.9 Å². The number of esters is 1. The molecule has 0 aliphatic heterocycles. The number of hydrogen-bond donors (Lipinski definition) is 2. The van der Waals surface area contributed by atoms with E-state index in [1.807, 2.05) is 0 Å². The van der Waals surface area contributed by atoms with E-state index in [9.17, 15) is 9.90 Å². The molecule has 0 saturated carbocycles. The fourth-order valence-electron chi connectivity index (χ4n) is 1.31. The number of aliphatic hydroxyl groups excluding tert-OH is 2. The fraction of sp³-hybridized carbons (Fsp3) is 0.462. The van der Waals surface area contributed by atoms with Crippen LogP contribution in [0.4, 0.5) is 0 Å². The molecule has 0 aromatic heterocycles. The van der Waals surface area contributed by atoms with E-state index in [-0.39, 0.29) is 18.4 Å². The molecule has 4 nitrogen and oxygen atoms in total. The number of hydrogen-bond acceptors (Lipinski definition) is 4. The van der Waals surface area contributed by atoms with E-state index >= 15 is 0 Å². The van der Waals surface area contributed by atoms with Gasteiger partial charge in [-0.05, 0) is 18.1 Å². The molecule has 0 bridgehead atoms. The number of benzene rings is 1. The normalized spacial score (nSPS) is 16.0. The highest BCUT2D eigenvalue weighted by Crippen LogP contribution is 2.17. The van der Waals surface area contributed by atoms with Crippen LogP contribution in [0, 0.1) is 11.8 Å². The number of ether oxygens (including phenoxy) is 1. The van der Waals surface area contributed by atoms with Gasteiger partial charge in [0.15, 0.2) is 0 Å². The van der Waals surface area contributed by atoms with Crippen LogP contribution in [0.5, 0.6) is 0 Å². The Hall–Kier alpha value is -1.39. The van der Waals surface area contributed by atoms with Gasteiger partial charge in [-0.3, -0.25) is 0 Å². The lowest BCUT2D eigenvalue weighted by Crippen LogP contribution is -2.30. The summed E-state index contributed by atoms with van der Waals surface area (Å²) < 4.78 is 4.93. The first-order chi connectivity index (χ1) is 8.06. The molecule has 0 amide bonds. The topological polar surface area (TPSA) is 66.8 Å². The zero-order valence-corrected chi connectivity index (χ0v) is 10.0. The summed E-state index contributed by atoms with van der Waals surface area (Å²) >= 11 is 0. The molecular formula is C13H18O4. The van der Waals surface area contributed by atoms with Crippen molar-refractivity contribution in [1.82, 2.24) is 0 Å². The predicted molar refractivity (Wildman–Crippen MR) is 63.3 cm³/mol. The van der Waals surface area contributed by atoms with Crippen LogP contribution in [0.15, 0.2) is 30.3 Å². The van der Waals surface area contributed by atoms with Crippen LogP contribution in [0.1, 0.15) is 24.2 Å². The first-order valence-electron chi connectivity index (χ1n) is 5.61. The maximum atomic E-state index is 11.6. The highest BCUT2D eigenvalue weighted by molar-refractivity contribution is 5.89. The Bertz CT molecular complexity index is 350. The molecule has 3 atom stereocenters. The first kappa shape index (κ1) is 13.7. The highest BCUT2D eigenvalue weighted by atomic mass is 16.6. The van der Waals surface area contributed by atoms with Gasteiger partial charge in [0, 0.05) is 12.5 Å². The molecule has 0 aliphatic rings. The molecule has 0 heterocycles. The van der Waals surface area contributed by atoms with Crippen molar-refractivity contribution in [3.63, 3.8) is 0 Å². The van der Waals surface area contributed by atoms with E-state index in [2.05, 4.69) is 0 Å². The van der Waals surface area contributed by atoms with Crippen molar-refractivity contribution in [3.05, 3.63) is 35.9 Å². The second kappa shape index (κ2) is 6.37. The Labute approximate surface area is 101 Å². The second-order valence-corrected chi connectivity index (χ2v) is 4.18. The zero-order valence-electron chi connectivity index (χ0n) is 10.0. The minimum absolute atomic E-state index is 0.0545. The molecule has 2 N–H and O–H groups in total. The van der Waals surface area contributed by atoms with Crippen LogP contribution in [0.3, 0.4) is 0 Å². The molecule has 1 aromatic carbocycles. The van der Waals surface area contributed by atoms with Crippen LogP contribution in [0.2, 0.25) is 0 Å². The largest absolute Gasteiger partial charge is 0.432 e. The lowest BCUT2D eigenvalue weighted by atomic mass is 9.96. The van der Waals surface area contributed by atoms with Gasteiger partial charge in [0.05, 0.1) is 5.56 Å². The van der Waals surface area contributed by atoms with Gasteiger partial charge in [-0.1, -0.05) is 32.0 Å². The van der Waals surface area contributed by atoms with Crippen molar-refractivity contribution >= 4 is 5.97 Å². The molecule has 94 valence electrons. The minimum Gasteiger partial charge on any atom is -0.432 e. The van der Waals surface area contributed by atoms with E-state index in [1.165, 1.54) is 0 Å². The van der Waals surface area contributed by atoms with E-state index in [4.69, 9.17) is 9.84 Å². The fourth-order valence-corrected chi connectivity index (χ4v) is 1.31. The summed E-state index contributed by atoms with van der Waals surface area (Å²) in [6.45, 7) is 3.45. The maximum Gasteiger partial charge on any atom is 0.340 e. The average Bonchev–Trinajstić information content (AvgIpc) is 2.37. The third-order valence-corrected chi connectivity index (χ3v) is 2.87. The molecule has 0 fully saturated rings. The van der Waals surface area contributed by atoms with Gasteiger partial charge in [-0.15, -0.1) is 0 Å². The Morgan fingerprint density at radius 3 is 2.41 bits per heavy atom. The van der Waals surface area contributed by atoms with Crippen molar-refractivity contribution in [2.45, 2.75) is 20.1 Å². The molecule has 4 heteroatoms. The van der Waals surface area contributed by atoms with Crippen LogP contribution in [-0.4, -0.2) is 29.1 Å². The first-order valence-corrected chi connectivity index (χ1v) is 5.61. The van der Waals surface area contributed by atoms with Crippen molar-refractivity contribution in [2.75, 3.05) is 6.61 Å². The van der Waals surface area contributed by atoms with E-state index in [0.717, 1.165) is 0 Å². The van der Waals surface area contributed by atoms with E-state index in [1.54, 1.807) is 44.2 Å². The van der Waals surface area contributed by atoms with Crippen molar-refractivity contribution in [3.8, 4) is 0 Å². The number of carbonyl (C=O) groups is 1. The second-order valence-electron chi connectivity index (χ2n) is 4.18. The minimum atomic E-state index is -1.20. The lowest BCUT2D eigenvalue weighted by Gasteiger charge is -2.23. The standard InChI is InChI=1S/C13H18O4/c1-9(8-14)10(2)12(15)17-13(16)11-6-4-3-5-7-11/h3-7,9-10,12,14-15H,8H2,1-2H3. The van der Waals surface area contributed by atoms with E-state index < -0.39 is 12.3 Å². The average molecular weight is 238 g/mol. The van der Waals surface area contributed by atoms with Crippen LogP contribution in [-0.2, 0) is 4.74 Å². The highest BCUT2D eigenvalue weighted by Gasteiger charge is 2.24. The van der Waals surface area contributed by atoms with Crippen LogP contribution in [0.25, 0.3) is 0 Å². The van der Waals surface area contributed by atoms with E-state index in [0.29, 0.717) is 5.56 Å². The van der Waals surface area contributed by atoms with Crippen molar-refractivity contribution in [1.29, 1.82) is 0 Å². The molecule has 17 heavy (non-hydrogen) atoms. The summed E-state index contributed by atoms with van der Waals surface area (Å²) in [5.74, 6) is -1.00. The molecule has 0 aliphatic carbocycles. The summed E-state index contributed by atoms with van der Waals surface area (Å²) in [7, 11) is 0. The number of aliphatic hydroxyl groups is 2. The molecule has 0 radical (unpaired) electrons. The van der Waals surface area contributed by atoms with Crippen LogP contribution < -0.4 is 0 Å². The van der Waals surface area contributed by atoms with Crippen molar-refractivity contribution in [2.24, 2.45) is 11.8 Å². The Morgan fingerprint density at radius 1 is 1.29 bits per heavy atom. The molecule has 0 spiro atoms. The summed E-state index contributed by atoms with van der Waals surface area (Å²) in [6.07, 6.45) is -1.20. The van der Waals surface area contributed by atoms with Crippen LogP contribution >= 0.6 is 0 Å². The Morgan fingerprint density at radius 2 is 1.88 bits per heavy atom. The van der Waals surface area contributed by atoms with Gasteiger partial charge in [0.2, 0.25) is 6.29 Å².